The van der Waals surface area contributed by atoms with Crippen molar-refractivity contribution in [2.45, 2.75) is 18.4 Å². The lowest BCUT2D eigenvalue weighted by Crippen LogP contribution is -2.48. The highest BCUT2D eigenvalue weighted by Gasteiger charge is 2.24. The molecule has 1 amide bonds. The van der Waals surface area contributed by atoms with E-state index in [1.807, 2.05) is 11.0 Å². The highest BCUT2D eigenvalue weighted by atomic mass is 35.5. The molecule has 0 saturated carbocycles. The lowest BCUT2D eigenvalue weighted by molar-refractivity contribution is 0.142. The van der Waals surface area contributed by atoms with Gasteiger partial charge in [-0.1, -0.05) is 41.9 Å². The van der Waals surface area contributed by atoms with Crippen molar-refractivity contribution in [3.8, 4) is 0 Å². The molecule has 3 rings (SSSR count). The number of hydrazine groups is 1. The summed E-state index contributed by atoms with van der Waals surface area (Å²) in [6.45, 7) is 3.75. The average molecular weight is 439 g/mol. The van der Waals surface area contributed by atoms with Crippen LogP contribution in [-0.4, -0.2) is 50.7 Å². The zero-order chi connectivity index (χ0) is 21.0. The maximum absolute atomic E-state index is 12.5. The van der Waals surface area contributed by atoms with E-state index in [2.05, 4.69) is 10.3 Å². The molecule has 1 aliphatic rings. The molecule has 2 aromatic rings. The molecule has 10 heteroatoms. The monoisotopic (exact) mass is 438 g/mol. The normalized spacial score (nSPS) is 14.8. The van der Waals surface area contributed by atoms with Crippen LogP contribution >= 0.6 is 11.6 Å². The van der Waals surface area contributed by atoms with E-state index in [0.717, 1.165) is 11.3 Å². The standard InChI is InChI=1S/C19H23ClN4O4S/c1-14-5-2-3-8-17(14)29(27,28)22-21-13-15-6-4-7-16(20)18(15)23-9-11-24(12-10-23)19(25)26/h2-8,21-22H,9-13H2,1H3,(H,25,26). The molecule has 0 aromatic heterocycles. The Morgan fingerprint density at radius 1 is 1.10 bits per heavy atom. The molecule has 1 aliphatic heterocycles. The summed E-state index contributed by atoms with van der Waals surface area (Å²) in [6, 6.07) is 12.2. The van der Waals surface area contributed by atoms with E-state index >= 15 is 0 Å². The molecule has 0 unspecified atom stereocenters. The smallest absolute Gasteiger partial charge is 0.407 e. The summed E-state index contributed by atoms with van der Waals surface area (Å²) in [5, 5.41) is 9.65. The number of sulfonamides is 1. The van der Waals surface area contributed by atoms with Crippen LogP contribution in [0, 0.1) is 6.92 Å². The summed E-state index contributed by atoms with van der Waals surface area (Å²) < 4.78 is 25.1. The Bertz CT molecular complexity index is 991. The van der Waals surface area contributed by atoms with E-state index in [0.29, 0.717) is 36.8 Å². The van der Waals surface area contributed by atoms with Gasteiger partial charge in [-0.3, -0.25) is 0 Å². The van der Waals surface area contributed by atoms with E-state index in [1.165, 1.54) is 4.90 Å². The molecule has 1 heterocycles. The van der Waals surface area contributed by atoms with Crippen LogP contribution in [-0.2, 0) is 16.6 Å². The number of anilines is 1. The van der Waals surface area contributed by atoms with Crippen LogP contribution in [0.4, 0.5) is 10.5 Å². The van der Waals surface area contributed by atoms with Gasteiger partial charge in [0.05, 0.1) is 15.6 Å². The van der Waals surface area contributed by atoms with Gasteiger partial charge in [0.25, 0.3) is 10.0 Å². The Labute approximate surface area is 175 Å². The number of para-hydroxylation sites is 1. The number of rotatable bonds is 6. The zero-order valence-corrected chi connectivity index (χ0v) is 17.5. The number of nitrogens with zero attached hydrogens (tertiary/aromatic N) is 2. The summed E-state index contributed by atoms with van der Waals surface area (Å²) in [4.78, 5) is 17.1. The van der Waals surface area contributed by atoms with Crippen molar-refractivity contribution in [2.75, 3.05) is 31.1 Å². The minimum Gasteiger partial charge on any atom is -0.465 e. The second-order valence-electron chi connectivity index (χ2n) is 6.73. The molecule has 3 N–H and O–H groups in total. The first kappa shape index (κ1) is 21.4. The van der Waals surface area contributed by atoms with E-state index in [1.54, 1.807) is 43.3 Å². The number of piperazine rings is 1. The number of carboxylic acid groups (broad SMARTS) is 1. The summed E-state index contributed by atoms with van der Waals surface area (Å²) in [5.74, 6) is 0. The number of nitrogens with one attached hydrogen (secondary N) is 2. The summed E-state index contributed by atoms with van der Waals surface area (Å²) in [7, 11) is -3.71. The van der Waals surface area contributed by atoms with Crippen LogP contribution in [0.25, 0.3) is 0 Å². The Morgan fingerprint density at radius 2 is 1.79 bits per heavy atom. The third-order valence-electron chi connectivity index (χ3n) is 4.81. The Morgan fingerprint density at radius 3 is 2.45 bits per heavy atom. The molecule has 0 spiro atoms. The fourth-order valence-electron chi connectivity index (χ4n) is 3.32. The van der Waals surface area contributed by atoms with Crippen LogP contribution in [0.3, 0.4) is 0 Å². The minimum absolute atomic E-state index is 0.212. The van der Waals surface area contributed by atoms with Gasteiger partial charge in [0.15, 0.2) is 0 Å². The van der Waals surface area contributed by atoms with E-state index in [-0.39, 0.29) is 11.4 Å². The van der Waals surface area contributed by atoms with Gasteiger partial charge in [-0.05, 0) is 30.2 Å². The minimum atomic E-state index is -3.71. The molecule has 0 aliphatic carbocycles. The van der Waals surface area contributed by atoms with Gasteiger partial charge in [-0.15, -0.1) is 4.83 Å². The second kappa shape index (κ2) is 9.00. The lowest BCUT2D eigenvalue weighted by atomic mass is 10.1. The SMILES string of the molecule is Cc1ccccc1S(=O)(=O)NNCc1cccc(Cl)c1N1CCN(C(=O)O)CC1. The first-order chi connectivity index (χ1) is 13.8. The summed E-state index contributed by atoms with van der Waals surface area (Å²) >= 11 is 6.41. The quantitative estimate of drug-likeness (QED) is 0.599. The highest BCUT2D eigenvalue weighted by Crippen LogP contribution is 2.30. The average Bonchev–Trinajstić information content (AvgIpc) is 2.68. The Hall–Kier alpha value is -2.33. The Kier molecular flexibility index (Phi) is 6.63. The number of carbonyl (C=O) groups is 1. The van der Waals surface area contributed by atoms with Gasteiger partial charge in [0, 0.05) is 32.7 Å². The predicted octanol–water partition coefficient (Wildman–Crippen LogP) is 2.43. The maximum atomic E-state index is 12.5. The van der Waals surface area contributed by atoms with Crippen molar-refractivity contribution in [2.24, 2.45) is 0 Å². The van der Waals surface area contributed by atoms with Crippen molar-refractivity contribution in [1.29, 1.82) is 0 Å². The van der Waals surface area contributed by atoms with Crippen molar-refractivity contribution in [3.63, 3.8) is 0 Å². The largest absolute Gasteiger partial charge is 0.465 e. The molecule has 0 bridgehead atoms. The number of amides is 1. The first-order valence-corrected chi connectivity index (χ1v) is 11.0. The Balaban J connectivity index is 1.70. The number of aryl methyl sites for hydroxylation is 1. The molecular weight excluding hydrogens is 416 g/mol. The molecule has 1 saturated heterocycles. The van der Waals surface area contributed by atoms with Crippen molar-refractivity contribution in [1.82, 2.24) is 15.2 Å². The fraction of sp³-hybridized carbons (Fsp3) is 0.316. The van der Waals surface area contributed by atoms with Crippen molar-refractivity contribution in [3.05, 3.63) is 58.6 Å². The number of benzene rings is 2. The topological polar surface area (TPSA) is 102 Å². The van der Waals surface area contributed by atoms with Crippen LogP contribution in [0.1, 0.15) is 11.1 Å². The van der Waals surface area contributed by atoms with E-state index in [4.69, 9.17) is 16.7 Å². The van der Waals surface area contributed by atoms with Gasteiger partial charge in [-0.25, -0.2) is 18.6 Å². The second-order valence-corrected chi connectivity index (χ2v) is 8.79. The number of halogens is 1. The molecule has 8 nitrogen and oxygen atoms in total. The van der Waals surface area contributed by atoms with Crippen molar-refractivity contribution >= 4 is 33.4 Å². The van der Waals surface area contributed by atoms with Crippen LogP contribution in [0.2, 0.25) is 5.02 Å². The predicted molar refractivity (Wildman–Crippen MR) is 112 cm³/mol. The van der Waals surface area contributed by atoms with Crippen molar-refractivity contribution < 1.29 is 18.3 Å². The molecule has 1 fully saturated rings. The third-order valence-corrected chi connectivity index (χ3v) is 6.56. The molecule has 0 atom stereocenters. The third kappa shape index (κ3) is 4.99. The van der Waals surface area contributed by atoms with Gasteiger partial charge >= 0.3 is 6.09 Å². The lowest BCUT2D eigenvalue weighted by Gasteiger charge is -2.36. The van der Waals surface area contributed by atoms with Gasteiger partial charge in [0.1, 0.15) is 0 Å². The molecular formula is C19H23ClN4O4S. The summed E-state index contributed by atoms with van der Waals surface area (Å²) in [6.07, 6.45) is -0.934. The van der Waals surface area contributed by atoms with Crippen LogP contribution < -0.4 is 15.2 Å². The highest BCUT2D eigenvalue weighted by molar-refractivity contribution is 7.89. The first-order valence-electron chi connectivity index (χ1n) is 9.10. The molecule has 29 heavy (non-hydrogen) atoms. The van der Waals surface area contributed by atoms with Crippen LogP contribution in [0.5, 0.6) is 0 Å². The molecule has 156 valence electrons. The number of hydrogen-bond acceptors (Lipinski definition) is 5. The zero-order valence-electron chi connectivity index (χ0n) is 15.9. The fourth-order valence-corrected chi connectivity index (χ4v) is 4.75. The van der Waals surface area contributed by atoms with E-state index < -0.39 is 16.1 Å². The van der Waals surface area contributed by atoms with Gasteiger partial charge < -0.3 is 14.9 Å². The molecule has 2 aromatic carbocycles. The van der Waals surface area contributed by atoms with Crippen LogP contribution in [0.15, 0.2) is 47.4 Å². The van der Waals surface area contributed by atoms with Gasteiger partial charge in [0.2, 0.25) is 0 Å². The molecule has 0 radical (unpaired) electrons. The number of hydrogen-bond donors (Lipinski definition) is 3. The van der Waals surface area contributed by atoms with Gasteiger partial charge in [-0.2, -0.15) is 0 Å². The maximum Gasteiger partial charge on any atom is 0.407 e. The summed E-state index contributed by atoms with van der Waals surface area (Å²) in [5.41, 5.74) is 5.02. The van der Waals surface area contributed by atoms with E-state index in [9.17, 15) is 13.2 Å².